The Morgan fingerprint density at radius 1 is 0.952 bits per heavy atom. The minimum absolute atomic E-state index is 0.0503. The number of ketones is 1. The molecule has 0 radical (unpaired) electrons. The summed E-state index contributed by atoms with van der Waals surface area (Å²) < 4.78 is 0. The van der Waals surface area contributed by atoms with Crippen LogP contribution in [0.4, 0.5) is 5.69 Å². The Kier molecular flexibility index (Phi) is 2.08. The fourth-order valence-electron chi connectivity index (χ4n) is 2.94. The van der Waals surface area contributed by atoms with Gasteiger partial charge in [0.25, 0.3) is 5.56 Å². The number of hydrogen-bond donors (Lipinski definition) is 3. The monoisotopic (exact) mass is 278 g/mol. The van der Waals surface area contributed by atoms with Crippen LogP contribution in [-0.2, 0) is 0 Å². The van der Waals surface area contributed by atoms with Gasteiger partial charge in [-0.25, -0.2) is 0 Å². The molecule has 4 rings (SSSR count). The van der Waals surface area contributed by atoms with Gasteiger partial charge in [-0.05, 0) is 17.7 Å². The second kappa shape index (κ2) is 3.73. The van der Waals surface area contributed by atoms with E-state index in [1.165, 1.54) is 6.07 Å². The molecule has 5 heteroatoms. The number of fused-ring (bicyclic) bond motifs is 2. The molecule has 0 amide bonds. The van der Waals surface area contributed by atoms with Gasteiger partial charge in [0, 0.05) is 16.5 Å². The van der Waals surface area contributed by atoms with E-state index in [1.807, 2.05) is 0 Å². The number of carbonyl (C=O) groups is 1. The normalized spacial score (nSPS) is 12.5. The van der Waals surface area contributed by atoms with E-state index in [9.17, 15) is 14.7 Å². The average molecular weight is 278 g/mol. The van der Waals surface area contributed by atoms with E-state index in [4.69, 9.17) is 5.73 Å². The first kappa shape index (κ1) is 11.7. The standard InChI is InChI=1S/C16H10N2O3/c17-14-11-7-3-1-2-4-8(7)15(20)13-10(19)6-5-9(12(11)13)18-16(14)21/h1-6,19H,17H2,(H,18,21). The highest BCUT2D eigenvalue weighted by Crippen LogP contribution is 2.43. The summed E-state index contributed by atoms with van der Waals surface area (Å²) in [6, 6.07) is 9.91. The Labute approximate surface area is 118 Å². The molecular weight excluding hydrogens is 268 g/mol. The maximum Gasteiger partial charge on any atom is 0.272 e. The van der Waals surface area contributed by atoms with Gasteiger partial charge in [0.2, 0.25) is 0 Å². The molecule has 102 valence electrons. The predicted octanol–water partition coefficient (Wildman–Crippen LogP) is 2.03. The van der Waals surface area contributed by atoms with Crippen LogP contribution in [0.3, 0.4) is 0 Å². The Morgan fingerprint density at radius 3 is 2.43 bits per heavy atom. The molecule has 0 saturated heterocycles. The second-order valence-corrected chi connectivity index (χ2v) is 5.00. The second-order valence-electron chi connectivity index (χ2n) is 5.00. The van der Waals surface area contributed by atoms with E-state index in [1.54, 1.807) is 30.3 Å². The Hall–Kier alpha value is -3.08. The van der Waals surface area contributed by atoms with Crippen molar-refractivity contribution < 1.29 is 9.90 Å². The van der Waals surface area contributed by atoms with Crippen molar-refractivity contribution in [2.75, 3.05) is 5.73 Å². The molecule has 5 nitrogen and oxygen atoms in total. The number of nitrogen functional groups attached to an aromatic ring is 1. The van der Waals surface area contributed by atoms with Crippen LogP contribution >= 0.6 is 0 Å². The third kappa shape index (κ3) is 1.34. The number of aromatic amines is 1. The summed E-state index contributed by atoms with van der Waals surface area (Å²) in [4.78, 5) is 27.3. The highest BCUT2D eigenvalue weighted by molar-refractivity contribution is 6.27. The highest BCUT2D eigenvalue weighted by atomic mass is 16.3. The quantitative estimate of drug-likeness (QED) is 0.458. The van der Waals surface area contributed by atoms with Crippen molar-refractivity contribution in [2.24, 2.45) is 0 Å². The van der Waals surface area contributed by atoms with Crippen molar-refractivity contribution in [3.63, 3.8) is 0 Å². The van der Waals surface area contributed by atoms with Gasteiger partial charge in [0.05, 0.1) is 11.1 Å². The number of hydrogen-bond acceptors (Lipinski definition) is 4. The van der Waals surface area contributed by atoms with Crippen LogP contribution in [0.15, 0.2) is 41.2 Å². The molecule has 1 aliphatic rings. The number of phenols is 1. The van der Waals surface area contributed by atoms with Crippen LogP contribution in [0.1, 0.15) is 15.9 Å². The van der Waals surface area contributed by atoms with Gasteiger partial charge >= 0.3 is 0 Å². The lowest BCUT2D eigenvalue weighted by Crippen LogP contribution is -2.18. The number of rotatable bonds is 0. The van der Waals surface area contributed by atoms with Crippen molar-refractivity contribution in [3.05, 3.63) is 57.9 Å². The first-order valence-corrected chi connectivity index (χ1v) is 6.41. The number of nitrogens with one attached hydrogen (secondary N) is 1. The topological polar surface area (TPSA) is 96.2 Å². The number of aromatic hydroxyl groups is 1. The first-order chi connectivity index (χ1) is 10.1. The maximum atomic E-state index is 12.6. The molecule has 0 aliphatic heterocycles. The fraction of sp³-hybridized carbons (Fsp3) is 0. The molecular formula is C16H10N2O3. The van der Waals surface area contributed by atoms with Crippen molar-refractivity contribution in [3.8, 4) is 16.9 Å². The zero-order chi connectivity index (χ0) is 14.7. The van der Waals surface area contributed by atoms with Crippen LogP contribution in [0, 0.1) is 0 Å². The fourth-order valence-corrected chi connectivity index (χ4v) is 2.94. The molecule has 1 aromatic heterocycles. The van der Waals surface area contributed by atoms with Gasteiger partial charge in [-0.15, -0.1) is 0 Å². The number of nitrogens with two attached hydrogens (primary N) is 1. The molecule has 0 unspecified atom stereocenters. The van der Waals surface area contributed by atoms with Gasteiger partial charge in [-0.1, -0.05) is 24.3 Å². The number of phenolic OH excluding ortho intramolecular Hbond substituents is 1. The summed E-state index contributed by atoms with van der Waals surface area (Å²) >= 11 is 0. The Bertz CT molecular complexity index is 1000. The zero-order valence-electron chi connectivity index (χ0n) is 10.8. The Morgan fingerprint density at radius 2 is 1.67 bits per heavy atom. The maximum absolute atomic E-state index is 12.6. The van der Waals surface area contributed by atoms with Crippen molar-refractivity contribution in [1.29, 1.82) is 0 Å². The van der Waals surface area contributed by atoms with E-state index in [0.717, 1.165) is 0 Å². The van der Waals surface area contributed by atoms with Crippen LogP contribution in [0.2, 0.25) is 0 Å². The zero-order valence-corrected chi connectivity index (χ0v) is 10.8. The number of aromatic nitrogens is 1. The van der Waals surface area contributed by atoms with E-state index in [2.05, 4.69) is 4.98 Å². The van der Waals surface area contributed by atoms with Crippen molar-refractivity contribution in [1.82, 2.24) is 4.98 Å². The van der Waals surface area contributed by atoms with Gasteiger partial charge in [-0.3, -0.25) is 9.59 Å². The number of carbonyl (C=O) groups excluding carboxylic acids is 1. The molecule has 0 spiro atoms. The number of pyridine rings is 1. The lowest BCUT2D eigenvalue weighted by Gasteiger charge is -2.21. The van der Waals surface area contributed by atoms with Crippen molar-refractivity contribution in [2.45, 2.75) is 0 Å². The molecule has 21 heavy (non-hydrogen) atoms. The van der Waals surface area contributed by atoms with E-state index in [-0.39, 0.29) is 22.8 Å². The molecule has 3 aromatic rings. The van der Waals surface area contributed by atoms with E-state index >= 15 is 0 Å². The highest BCUT2D eigenvalue weighted by Gasteiger charge is 2.29. The summed E-state index contributed by atoms with van der Waals surface area (Å²) in [5, 5.41) is 10.6. The number of H-pyrrole nitrogens is 1. The molecule has 0 bridgehead atoms. The summed E-state index contributed by atoms with van der Waals surface area (Å²) in [6.07, 6.45) is 0. The van der Waals surface area contributed by atoms with Crippen LogP contribution in [0.25, 0.3) is 22.0 Å². The third-order valence-electron chi connectivity index (χ3n) is 3.86. The lowest BCUT2D eigenvalue weighted by atomic mass is 9.83. The Balaban J connectivity index is 2.37. The SMILES string of the molecule is Nc1c2c3c(c(O)ccc3[nH]c1=O)C(=O)c1ccccc1-2. The van der Waals surface area contributed by atoms with Crippen molar-refractivity contribution >= 4 is 22.4 Å². The van der Waals surface area contributed by atoms with Crippen LogP contribution < -0.4 is 11.3 Å². The lowest BCUT2D eigenvalue weighted by molar-refractivity contribution is 0.103. The van der Waals surface area contributed by atoms with Gasteiger partial charge in [-0.2, -0.15) is 0 Å². The molecule has 0 saturated carbocycles. The third-order valence-corrected chi connectivity index (χ3v) is 3.86. The van der Waals surface area contributed by atoms with E-state index < -0.39 is 5.56 Å². The van der Waals surface area contributed by atoms with Gasteiger partial charge < -0.3 is 15.8 Å². The average Bonchev–Trinajstić information content (AvgIpc) is 2.49. The summed E-state index contributed by atoms with van der Waals surface area (Å²) in [5.41, 5.74) is 7.82. The predicted molar refractivity (Wildman–Crippen MR) is 79.5 cm³/mol. The first-order valence-electron chi connectivity index (χ1n) is 6.41. The largest absolute Gasteiger partial charge is 0.507 e. The van der Waals surface area contributed by atoms with Gasteiger partial charge in [0.15, 0.2) is 5.78 Å². The van der Waals surface area contributed by atoms with Crippen LogP contribution in [-0.4, -0.2) is 15.9 Å². The van der Waals surface area contributed by atoms with Gasteiger partial charge in [0.1, 0.15) is 11.4 Å². The van der Waals surface area contributed by atoms with Crippen LogP contribution in [0.5, 0.6) is 5.75 Å². The molecule has 1 aliphatic carbocycles. The summed E-state index contributed by atoms with van der Waals surface area (Å²) in [7, 11) is 0. The van der Waals surface area contributed by atoms with E-state index in [0.29, 0.717) is 27.6 Å². The molecule has 4 N–H and O–H groups in total. The number of benzene rings is 2. The molecule has 2 aromatic carbocycles. The molecule has 1 heterocycles. The smallest absolute Gasteiger partial charge is 0.272 e. The number of anilines is 1. The minimum Gasteiger partial charge on any atom is -0.507 e. The summed E-state index contributed by atoms with van der Waals surface area (Å²) in [6.45, 7) is 0. The molecule has 0 atom stereocenters. The summed E-state index contributed by atoms with van der Waals surface area (Å²) in [5.74, 6) is -0.387. The molecule has 0 fully saturated rings. The minimum atomic E-state index is -0.404.